The highest BCUT2D eigenvalue weighted by Gasteiger charge is 1.86. The Morgan fingerprint density at radius 2 is 2.30 bits per heavy atom. The van der Waals surface area contributed by atoms with Crippen LogP contribution in [0.4, 0.5) is 0 Å². The van der Waals surface area contributed by atoms with E-state index in [0.717, 1.165) is 5.57 Å². The van der Waals surface area contributed by atoms with Crippen LogP contribution in [0, 0.1) is 5.92 Å². The Bertz CT molecular complexity index is 157. The molecule has 0 aromatic carbocycles. The van der Waals surface area contributed by atoms with Crippen molar-refractivity contribution < 1.29 is 0 Å². The first-order valence-electron chi connectivity index (χ1n) is 3.75. The minimum atomic E-state index is 0.635. The van der Waals surface area contributed by atoms with E-state index in [4.69, 9.17) is 0 Å². The van der Waals surface area contributed by atoms with Gasteiger partial charge in [0.15, 0.2) is 0 Å². The molecule has 0 aliphatic rings. The molecule has 0 N–H and O–H groups in total. The van der Waals surface area contributed by atoms with Crippen molar-refractivity contribution in [2.24, 2.45) is 5.92 Å². The van der Waals surface area contributed by atoms with Crippen molar-refractivity contribution in [1.29, 1.82) is 0 Å². The maximum Gasteiger partial charge on any atom is -0.0180 e. The van der Waals surface area contributed by atoms with Gasteiger partial charge in [0, 0.05) is 0 Å². The fourth-order valence-corrected chi connectivity index (χ4v) is 0.472. The molecular formula is C10H16. The third-order valence-electron chi connectivity index (χ3n) is 1.35. The lowest BCUT2D eigenvalue weighted by molar-refractivity contribution is 0.699. The molecule has 1 unspecified atom stereocenters. The Hall–Kier alpha value is -0.740. The smallest absolute Gasteiger partial charge is 0.0180 e. The number of rotatable bonds is 3. The molecule has 1 atom stereocenters. The van der Waals surface area contributed by atoms with Crippen molar-refractivity contribution >= 4 is 0 Å². The summed E-state index contributed by atoms with van der Waals surface area (Å²) in [5, 5.41) is 0. The van der Waals surface area contributed by atoms with Crippen molar-refractivity contribution in [2.45, 2.75) is 27.2 Å². The lowest BCUT2D eigenvalue weighted by Crippen LogP contribution is -1.81. The van der Waals surface area contributed by atoms with E-state index >= 15 is 0 Å². The molecule has 0 aromatic rings. The van der Waals surface area contributed by atoms with Gasteiger partial charge in [0.1, 0.15) is 0 Å². The summed E-state index contributed by atoms with van der Waals surface area (Å²) >= 11 is 0. The molecule has 0 aromatic heterocycles. The molecule has 0 fully saturated rings. The Morgan fingerprint density at radius 1 is 1.70 bits per heavy atom. The molecule has 0 bridgehead atoms. The summed E-state index contributed by atoms with van der Waals surface area (Å²) in [7, 11) is 0. The van der Waals surface area contributed by atoms with Gasteiger partial charge in [-0.1, -0.05) is 26.0 Å². The van der Waals surface area contributed by atoms with Gasteiger partial charge in [0.25, 0.3) is 0 Å². The fourth-order valence-electron chi connectivity index (χ4n) is 0.472. The van der Waals surface area contributed by atoms with Crippen LogP contribution in [0.5, 0.6) is 0 Å². The summed E-state index contributed by atoms with van der Waals surface area (Å²) in [5.74, 6) is 0.635. The van der Waals surface area contributed by atoms with Crippen molar-refractivity contribution in [3.63, 3.8) is 0 Å². The van der Waals surface area contributed by atoms with Gasteiger partial charge in [-0.15, -0.1) is 5.73 Å². The molecule has 0 radical (unpaired) electrons. The van der Waals surface area contributed by atoms with Crippen LogP contribution in [0.25, 0.3) is 0 Å². The predicted octanol–water partition coefficient (Wildman–Crippen LogP) is 3.32. The standard InChI is InChI=1S/C10H16/c1-5-10(4)8-6-7-9(2)3/h7-8,10H,2,5H2,1,3-4H3. The predicted molar refractivity (Wildman–Crippen MR) is 46.9 cm³/mol. The first-order chi connectivity index (χ1) is 4.66. The molecule has 0 saturated carbocycles. The Labute approximate surface area is 64.0 Å². The van der Waals surface area contributed by atoms with Crippen LogP contribution in [0.15, 0.2) is 30.0 Å². The summed E-state index contributed by atoms with van der Waals surface area (Å²) in [6.07, 6.45) is 5.16. The normalized spacial score (nSPS) is 11.5. The van der Waals surface area contributed by atoms with Crippen LogP contribution in [-0.2, 0) is 0 Å². The minimum Gasteiger partial charge on any atom is -0.125 e. The molecule has 0 nitrogen and oxygen atoms in total. The van der Waals surface area contributed by atoms with Crippen molar-refractivity contribution in [3.05, 3.63) is 30.0 Å². The lowest BCUT2D eigenvalue weighted by atomic mass is 10.1. The van der Waals surface area contributed by atoms with Gasteiger partial charge in [-0.3, -0.25) is 0 Å². The summed E-state index contributed by atoms with van der Waals surface area (Å²) in [6, 6.07) is 0. The average molecular weight is 136 g/mol. The Morgan fingerprint density at radius 3 is 2.70 bits per heavy atom. The second-order valence-corrected chi connectivity index (χ2v) is 2.71. The highest BCUT2D eigenvalue weighted by Crippen LogP contribution is 2.00. The van der Waals surface area contributed by atoms with Crippen LogP contribution in [0.1, 0.15) is 27.2 Å². The molecule has 10 heavy (non-hydrogen) atoms. The van der Waals surface area contributed by atoms with E-state index in [0.29, 0.717) is 5.92 Å². The van der Waals surface area contributed by atoms with Gasteiger partial charge in [-0.05, 0) is 31.4 Å². The Kier molecular flexibility index (Phi) is 4.70. The van der Waals surface area contributed by atoms with Gasteiger partial charge >= 0.3 is 0 Å². The maximum atomic E-state index is 3.74. The van der Waals surface area contributed by atoms with E-state index < -0.39 is 0 Å². The highest BCUT2D eigenvalue weighted by atomic mass is 13.9. The van der Waals surface area contributed by atoms with E-state index in [9.17, 15) is 0 Å². The van der Waals surface area contributed by atoms with Crippen LogP contribution < -0.4 is 0 Å². The number of hydrogen-bond acceptors (Lipinski definition) is 0. The van der Waals surface area contributed by atoms with Crippen molar-refractivity contribution in [1.82, 2.24) is 0 Å². The molecule has 0 rings (SSSR count). The van der Waals surface area contributed by atoms with Crippen LogP contribution >= 0.6 is 0 Å². The third kappa shape index (κ3) is 5.40. The topological polar surface area (TPSA) is 0 Å². The first kappa shape index (κ1) is 9.26. The largest absolute Gasteiger partial charge is 0.125 e. The van der Waals surface area contributed by atoms with Crippen LogP contribution in [0.2, 0.25) is 0 Å². The van der Waals surface area contributed by atoms with Gasteiger partial charge in [-0.25, -0.2) is 0 Å². The van der Waals surface area contributed by atoms with E-state index in [-0.39, 0.29) is 0 Å². The first-order valence-corrected chi connectivity index (χ1v) is 3.75. The van der Waals surface area contributed by atoms with Crippen LogP contribution in [0.3, 0.4) is 0 Å². The summed E-state index contributed by atoms with van der Waals surface area (Å²) < 4.78 is 0. The summed E-state index contributed by atoms with van der Waals surface area (Å²) in [5.41, 5.74) is 4.14. The van der Waals surface area contributed by atoms with Gasteiger partial charge in [0.2, 0.25) is 0 Å². The van der Waals surface area contributed by atoms with Gasteiger partial charge in [0.05, 0.1) is 0 Å². The maximum absolute atomic E-state index is 3.74. The summed E-state index contributed by atoms with van der Waals surface area (Å²) in [4.78, 5) is 0. The zero-order valence-electron chi connectivity index (χ0n) is 7.15. The third-order valence-corrected chi connectivity index (χ3v) is 1.35. The summed E-state index contributed by atoms with van der Waals surface area (Å²) in [6.45, 7) is 10.1. The van der Waals surface area contributed by atoms with E-state index in [1.54, 1.807) is 0 Å². The molecule has 0 amide bonds. The average Bonchev–Trinajstić information content (AvgIpc) is 1.87. The van der Waals surface area contributed by atoms with Gasteiger partial charge < -0.3 is 0 Å². The molecular weight excluding hydrogens is 120 g/mol. The second-order valence-electron chi connectivity index (χ2n) is 2.71. The number of allylic oxidation sites excluding steroid dienone is 2. The minimum absolute atomic E-state index is 0.635. The van der Waals surface area contributed by atoms with Crippen molar-refractivity contribution in [3.8, 4) is 0 Å². The molecule has 56 valence electrons. The lowest BCUT2D eigenvalue weighted by Gasteiger charge is -1.94. The van der Waals surface area contributed by atoms with Crippen LogP contribution in [-0.4, -0.2) is 0 Å². The van der Waals surface area contributed by atoms with E-state index in [1.807, 2.05) is 13.0 Å². The fraction of sp³-hybridized carbons (Fsp3) is 0.500. The zero-order valence-corrected chi connectivity index (χ0v) is 7.15. The number of hydrogen-bond donors (Lipinski definition) is 0. The molecule has 0 aliphatic carbocycles. The van der Waals surface area contributed by atoms with Crippen molar-refractivity contribution in [2.75, 3.05) is 0 Å². The molecule has 0 spiro atoms. The SMILES string of the molecule is C=C(C)C=C=CC(C)CC. The van der Waals surface area contributed by atoms with Gasteiger partial charge in [-0.2, -0.15) is 0 Å². The monoisotopic (exact) mass is 136 g/mol. The highest BCUT2D eigenvalue weighted by molar-refractivity contribution is 5.10. The zero-order chi connectivity index (χ0) is 7.98. The molecule has 0 aliphatic heterocycles. The molecule has 0 heterocycles. The molecule has 0 saturated heterocycles. The Balaban J connectivity index is 3.85. The van der Waals surface area contributed by atoms with E-state index in [2.05, 4.69) is 32.2 Å². The second kappa shape index (κ2) is 5.08. The van der Waals surface area contributed by atoms with E-state index in [1.165, 1.54) is 6.42 Å². The molecule has 0 heteroatoms. The quantitative estimate of drug-likeness (QED) is 0.412.